The van der Waals surface area contributed by atoms with Crippen LogP contribution in [0.25, 0.3) is 0 Å². The molecule has 0 saturated carbocycles. The molecule has 0 N–H and O–H groups in total. The maximum atomic E-state index is 12.7. The molecule has 126 valence electrons. The maximum absolute atomic E-state index is 12.7. The summed E-state index contributed by atoms with van der Waals surface area (Å²) in [6.07, 6.45) is 3.68. The number of nitrogens with zero attached hydrogens (tertiary/aromatic N) is 3. The number of aromatic nitrogens is 1. The lowest BCUT2D eigenvalue weighted by Gasteiger charge is -2.36. The molecule has 1 amide bonds. The van der Waals surface area contributed by atoms with Crippen molar-refractivity contribution in [3.05, 3.63) is 30.1 Å². The lowest BCUT2D eigenvalue weighted by molar-refractivity contribution is -0.143. The van der Waals surface area contributed by atoms with Crippen molar-refractivity contribution in [2.75, 3.05) is 20.1 Å². The molecule has 3 heterocycles. The number of likely N-dealkylation sites (tertiary alicyclic amines) is 1. The SMILES string of the molecule is CC(C)N1CC[C@H]2C[C@H](C(=O)N(C)Cc3ccccn3)O[C@H]2C1. The first-order valence-corrected chi connectivity index (χ1v) is 8.59. The summed E-state index contributed by atoms with van der Waals surface area (Å²) in [7, 11) is 1.84. The van der Waals surface area contributed by atoms with E-state index < -0.39 is 0 Å². The predicted octanol–water partition coefficient (Wildman–Crippen LogP) is 1.93. The van der Waals surface area contributed by atoms with Crippen molar-refractivity contribution in [3.8, 4) is 0 Å². The molecule has 2 aliphatic rings. The number of ether oxygens (including phenoxy) is 1. The van der Waals surface area contributed by atoms with Gasteiger partial charge in [0, 0.05) is 25.8 Å². The minimum atomic E-state index is -0.286. The van der Waals surface area contributed by atoms with Crippen molar-refractivity contribution in [1.82, 2.24) is 14.8 Å². The topological polar surface area (TPSA) is 45.7 Å². The van der Waals surface area contributed by atoms with Crippen molar-refractivity contribution >= 4 is 5.91 Å². The van der Waals surface area contributed by atoms with Crippen LogP contribution in [0.4, 0.5) is 0 Å². The second-order valence-electron chi connectivity index (χ2n) is 7.05. The third-order valence-electron chi connectivity index (χ3n) is 5.09. The summed E-state index contributed by atoms with van der Waals surface area (Å²) >= 11 is 0. The standard InChI is InChI=1S/C18H27N3O2/c1-13(2)21-9-7-14-10-16(23-17(14)12-21)18(22)20(3)11-15-6-4-5-8-19-15/h4-6,8,13-14,16-17H,7,9-12H2,1-3H3/t14-,16+,17-/m0/s1. The number of pyridine rings is 1. The Bertz CT molecular complexity index is 534. The minimum Gasteiger partial charge on any atom is -0.364 e. The van der Waals surface area contributed by atoms with Crippen molar-refractivity contribution < 1.29 is 9.53 Å². The van der Waals surface area contributed by atoms with Crippen molar-refractivity contribution in [2.24, 2.45) is 5.92 Å². The quantitative estimate of drug-likeness (QED) is 0.851. The van der Waals surface area contributed by atoms with E-state index in [4.69, 9.17) is 4.74 Å². The Balaban J connectivity index is 1.57. The fraction of sp³-hybridized carbons (Fsp3) is 0.667. The summed E-state index contributed by atoms with van der Waals surface area (Å²) in [5.41, 5.74) is 0.907. The number of carbonyl (C=O) groups is 1. The summed E-state index contributed by atoms with van der Waals surface area (Å²) < 4.78 is 6.11. The van der Waals surface area contributed by atoms with Gasteiger partial charge >= 0.3 is 0 Å². The monoisotopic (exact) mass is 317 g/mol. The zero-order valence-corrected chi connectivity index (χ0v) is 14.3. The number of carbonyl (C=O) groups excluding carboxylic acids is 1. The molecular weight excluding hydrogens is 290 g/mol. The van der Waals surface area contributed by atoms with Gasteiger partial charge in [-0.05, 0) is 51.3 Å². The van der Waals surface area contributed by atoms with Gasteiger partial charge in [0.05, 0.1) is 18.3 Å². The Hall–Kier alpha value is -1.46. The molecule has 0 unspecified atom stereocenters. The van der Waals surface area contributed by atoms with Crippen LogP contribution in [0.15, 0.2) is 24.4 Å². The smallest absolute Gasteiger partial charge is 0.251 e. The first-order chi connectivity index (χ1) is 11.0. The normalized spacial score (nSPS) is 27.9. The summed E-state index contributed by atoms with van der Waals surface area (Å²) in [6.45, 7) is 7.05. The zero-order chi connectivity index (χ0) is 16.4. The van der Waals surface area contributed by atoms with E-state index in [0.29, 0.717) is 18.5 Å². The number of fused-ring (bicyclic) bond motifs is 1. The molecular formula is C18H27N3O2. The van der Waals surface area contributed by atoms with Crippen LogP contribution in [0.5, 0.6) is 0 Å². The molecule has 3 atom stereocenters. The van der Waals surface area contributed by atoms with Gasteiger partial charge < -0.3 is 9.64 Å². The number of likely N-dealkylation sites (N-methyl/N-ethyl adjacent to an activating group) is 1. The Labute approximate surface area is 138 Å². The van der Waals surface area contributed by atoms with Crippen molar-refractivity contribution in [1.29, 1.82) is 0 Å². The van der Waals surface area contributed by atoms with E-state index in [1.807, 2.05) is 25.2 Å². The van der Waals surface area contributed by atoms with Gasteiger partial charge in [-0.1, -0.05) is 6.07 Å². The van der Waals surface area contributed by atoms with Gasteiger partial charge in [-0.3, -0.25) is 14.7 Å². The summed E-state index contributed by atoms with van der Waals surface area (Å²) in [4.78, 5) is 21.1. The number of hydrogen-bond donors (Lipinski definition) is 0. The second kappa shape index (κ2) is 6.97. The Morgan fingerprint density at radius 1 is 1.48 bits per heavy atom. The highest BCUT2D eigenvalue weighted by atomic mass is 16.5. The van der Waals surface area contributed by atoms with E-state index in [0.717, 1.165) is 31.6 Å². The predicted molar refractivity (Wildman–Crippen MR) is 88.8 cm³/mol. The van der Waals surface area contributed by atoms with Crippen LogP contribution in [-0.4, -0.2) is 59.1 Å². The number of rotatable bonds is 4. The van der Waals surface area contributed by atoms with Crippen LogP contribution in [-0.2, 0) is 16.1 Å². The molecule has 2 aliphatic heterocycles. The number of amides is 1. The lowest BCUT2D eigenvalue weighted by Crippen LogP contribution is -2.45. The highest BCUT2D eigenvalue weighted by Gasteiger charge is 2.42. The van der Waals surface area contributed by atoms with Crippen LogP contribution in [0.2, 0.25) is 0 Å². The molecule has 2 fully saturated rings. The van der Waals surface area contributed by atoms with E-state index in [9.17, 15) is 4.79 Å². The summed E-state index contributed by atoms with van der Waals surface area (Å²) in [6, 6.07) is 6.32. The van der Waals surface area contributed by atoms with Crippen LogP contribution >= 0.6 is 0 Å². The summed E-state index contributed by atoms with van der Waals surface area (Å²) in [5.74, 6) is 0.614. The highest BCUT2D eigenvalue weighted by molar-refractivity contribution is 5.81. The van der Waals surface area contributed by atoms with Crippen LogP contribution < -0.4 is 0 Å². The maximum Gasteiger partial charge on any atom is 0.251 e. The van der Waals surface area contributed by atoms with Crippen LogP contribution in [0.1, 0.15) is 32.4 Å². The van der Waals surface area contributed by atoms with E-state index in [-0.39, 0.29) is 18.1 Å². The van der Waals surface area contributed by atoms with Gasteiger partial charge in [-0.2, -0.15) is 0 Å². The molecule has 5 heteroatoms. The van der Waals surface area contributed by atoms with E-state index >= 15 is 0 Å². The van der Waals surface area contributed by atoms with Gasteiger partial charge in [0.2, 0.25) is 0 Å². The van der Waals surface area contributed by atoms with E-state index in [1.54, 1.807) is 11.1 Å². The summed E-state index contributed by atoms with van der Waals surface area (Å²) in [5, 5.41) is 0. The van der Waals surface area contributed by atoms with Crippen LogP contribution in [0.3, 0.4) is 0 Å². The molecule has 23 heavy (non-hydrogen) atoms. The molecule has 1 aromatic rings. The molecule has 0 aromatic carbocycles. The Morgan fingerprint density at radius 3 is 3.00 bits per heavy atom. The molecule has 5 nitrogen and oxygen atoms in total. The average Bonchev–Trinajstić information content (AvgIpc) is 2.97. The van der Waals surface area contributed by atoms with Gasteiger partial charge in [-0.15, -0.1) is 0 Å². The Morgan fingerprint density at radius 2 is 2.30 bits per heavy atom. The third-order valence-corrected chi connectivity index (χ3v) is 5.09. The highest BCUT2D eigenvalue weighted by Crippen LogP contribution is 2.34. The number of hydrogen-bond acceptors (Lipinski definition) is 4. The third kappa shape index (κ3) is 3.72. The lowest BCUT2D eigenvalue weighted by atomic mass is 9.91. The fourth-order valence-corrected chi connectivity index (χ4v) is 3.64. The minimum absolute atomic E-state index is 0.0844. The molecule has 0 aliphatic carbocycles. The van der Waals surface area contributed by atoms with Gasteiger partial charge in [0.1, 0.15) is 6.10 Å². The van der Waals surface area contributed by atoms with E-state index in [2.05, 4.69) is 23.7 Å². The average molecular weight is 317 g/mol. The van der Waals surface area contributed by atoms with Crippen molar-refractivity contribution in [2.45, 2.75) is 51.5 Å². The fourth-order valence-electron chi connectivity index (χ4n) is 3.64. The molecule has 0 radical (unpaired) electrons. The van der Waals surface area contributed by atoms with E-state index in [1.165, 1.54) is 0 Å². The zero-order valence-electron chi connectivity index (χ0n) is 14.3. The van der Waals surface area contributed by atoms with Crippen molar-refractivity contribution in [3.63, 3.8) is 0 Å². The first-order valence-electron chi connectivity index (χ1n) is 8.59. The van der Waals surface area contributed by atoms with Gasteiger partial charge in [0.25, 0.3) is 5.91 Å². The first kappa shape index (κ1) is 16.4. The largest absolute Gasteiger partial charge is 0.364 e. The molecule has 1 aromatic heterocycles. The molecule has 0 spiro atoms. The number of piperidine rings is 1. The van der Waals surface area contributed by atoms with Gasteiger partial charge in [0.15, 0.2) is 0 Å². The second-order valence-corrected chi connectivity index (χ2v) is 7.05. The molecule has 2 saturated heterocycles. The Kier molecular flexibility index (Phi) is 4.97. The van der Waals surface area contributed by atoms with Gasteiger partial charge in [-0.25, -0.2) is 0 Å². The molecule has 0 bridgehead atoms. The molecule has 3 rings (SSSR count). The van der Waals surface area contributed by atoms with Crippen LogP contribution in [0, 0.1) is 5.92 Å².